The fraction of sp³-hybridized carbons (Fsp3) is 0.200. The number of rotatable bonds is 2. The van der Waals surface area contributed by atoms with Gasteiger partial charge in [0.2, 0.25) is 0 Å². The molecule has 2 aromatic carbocycles. The highest BCUT2D eigenvalue weighted by molar-refractivity contribution is 9.10. The highest BCUT2D eigenvalue weighted by Crippen LogP contribution is 2.39. The second kappa shape index (κ2) is 5.74. The lowest BCUT2D eigenvalue weighted by molar-refractivity contribution is 0.584. The van der Waals surface area contributed by atoms with E-state index in [1.807, 2.05) is 12.1 Å². The van der Waals surface area contributed by atoms with Crippen LogP contribution in [0.2, 0.25) is 0 Å². The molecule has 0 aliphatic carbocycles. The molecule has 1 unspecified atom stereocenters. The fourth-order valence-electron chi connectivity index (χ4n) is 2.32. The summed E-state index contributed by atoms with van der Waals surface area (Å²) >= 11 is 4.67. The highest BCUT2D eigenvalue weighted by Gasteiger charge is 2.23. The van der Waals surface area contributed by atoms with Crippen molar-refractivity contribution in [2.75, 3.05) is 11.1 Å². The summed E-state index contributed by atoms with van der Waals surface area (Å²) in [6.45, 7) is 0. The van der Waals surface area contributed by atoms with Gasteiger partial charge in [0, 0.05) is 16.3 Å². The number of anilines is 1. The lowest BCUT2D eigenvalue weighted by Crippen LogP contribution is -2.16. The van der Waals surface area contributed by atoms with Crippen molar-refractivity contribution in [2.45, 2.75) is 17.4 Å². The molecule has 0 amide bonds. The number of hydrogen-bond acceptors (Lipinski definition) is 2. The second-order valence-electron chi connectivity index (χ2n) is 4.62. The Balaban J connectivity index is 1.89. The first-order valence-electron chi connectivity index (χ1n) is 6.28. The number of halogens is 3. The minimum Gasteiger partial charge on any atom is -0.378 e. The SMILES string of the molecule is Fc1cc(NC2CCSc3c(F)cccc32)ccc1Br. The molecule has 1 N–H and O–H groups in total. The fourth-order valence-corrected chi connectivity index (χ4v) is 3.71. The number of thioether (sulfide) groups is 1. The first-order chi connectivity index (χ1) is 9.65. The molecule has 0 bridgehead atoms. The molecule has 0 saturated carbocycles. The molecule has 0 aromatic heterocycles. The third-order valence-electron chi connectivity index (χ3n) is 3.29. The van der Waals surface area contributed by atoms with Gasteiger partial charge in [0.15, 0.2) is 0 Å². The van der Waals surface area contributed by atoms with E-state index in [9.17, 15) is 8.78 Å². The van der Waals surface area contributed by atoms with Crippen LogP contribution in [0, 0.1) is 11.6 Å². The predicted octanol–water partition coefficient (Wildman–Crippen LogP) is 5.38. The van der Waals surface area contributed by atoms with Gasteiger partial charge in [-0.2, -0.15) is 0 Å². The maximum Gasteiger partial charge on any atom is 0.139 e. The summed E-state index contributed by atoms with van der Waals surface area (Å²) in [7, 11) is 0. The second-order valence-corrected chi connectivity index (χ2v) is 6.58. The lowest BCUT2D eigenvalue weighted by Gasteiger charge is -2.27. The molecular formula is C15H12BrF2NS. The van der Waals surface area contributed by atoms with E-state index in [4.69, 9.17) is 0 Å². The van der Waals surface area contributed by atoms with E-state index < -0.39 is 0 Å². The minimum absolute atomic E-state index is 0.0162. The Bertz CT molecular complexity index is 648. The topological polar surface area (TPSA) is 12.0 Å². The molecule has 1 atom stereocenters. The highest BCUT2D eigenvalue weighted by atomic mass is 79.9. The molecular weight excluding hydrogens is 344 g/mol. The van der Waals surface area contributed by atoms with E-state index in [1.165, 1.54) is 23.9 Å². The molecule has 0 fully saturated rings. The molecule has 1 aliphatic heterocycles. The summed E-state index contributed by atoms with van der Waals surface area (Å²) in [4.78, 5) is 0.703. The number of hydrogen-bond donors (Lipinski definition) is 1. The van der Waals surface area contributed by atoms with Crippen LogP contribution in [-0.4, -0.2) is 5.75 Å². The average molecular weight is 356 g/mol. The van der Waals surface area contributed by atoms with E-state index in [-0.39, 0.29) is 17.7 Å². The maximum atomic E-state index is 13.8. The smallest absolute Gasteiger partial charge is 0.139 e. The lowest BCUT2D eigenvalue weighted by atomic mass is 10.0. The van der Waals surface area contributed by atoms with Gasteiger partial charge in [-0.05, 0) is 52.2 Å². The van der Waals surface area contributed by atoms with Gasteiger partial charge in [-0.15, -0.1) is 11.8 Å². The zero-order valence-electron chi connectivity index (χ0n) is 10.5. The van der Waals surface area contributed by atoms with Crippen molar-refractivity contribution in [3.8, 4) is 0 Å². The van der Waals surface area contributed by atoms with Gasteiger partial charge >= 0.3 is 0 Å². The van der Waals surface area contributed by atoms with Crippen molar-refractivity contribution < 1.29 is 8.78 Å². The Labute approximate surface area is 128 Å². The maximum absolute atomic E-state index is 13.8. The van der Waals surface area contributed by atoms with Crippen LogP contribution >= 0.6 is 27.7 Å². The van der Waals surface area contributed by atoms with E-state index in [0.29, 0.717) is 15.1 Å². The quantitative estimate of drug-likeness (QED) is 0.776. The van der Waals surface area contributed by atoms with Gasteiger partial charge in [-0.25, -0.2) is 8.78 Å². The molecule has 104 valence electrons. The summed E-state index contributed by atoms with van der Waals surface area (Å²) in [5.41, 5.74) is 1.65. The third-order valence-corrected chi connectivity index (χ3v) is 5.09. The van der Waals surface area contributed by atoms with Gasteiger partial charge < -0.3 is 5.32 Å². The van der Waals surface area contributed by atoms with Gasteiger partial charge in [0.1, 0.15) is 11.6 Å². The molecule has 1 aliphatic rings. The van der Waals surface area contributed by atoms with Crippen molar-refractivity contribution in [1.29, 1.82) is 0 Å². The van der Waals surface area contributed by atoms with Crippen LogP contribution in [-0.2, 0) is 0 Å². The number of nitrogens with one attached hydrogen (secondary N) is 1. The number of benzene rings is 2. The van der Waals surface area contributed by atoms with Crippen LogP contribution in [0.4, 0.5) is 14.5 Å². The zero-order valence-corrected chi connectivity index (χ0v) is 12.9. The summed E-state index contributed by atoms with van der Waals surface area (Å²) < 4.78 is 27.8. The van der Waals surface area contributed by atoms with Gasteiger partial charge in [-0.3, -0.25) is 0 Å². The van der Waals surface area contributed by atoms with Gasteiger partial charge in [0.25, 0.3) is 0 Å². The van der Waals surface area contributed by atoms with Crippen molar-refractivity contribution in [1.82, 2.24) is 0 Å². The number of fused-ring (bicyclic) bond motifs is 1. The summed E-state index contributed by atoms with van der Waals surface area (Å²) in [6, 6.07) is 10.1. The van der Waals surface area contributed by atoms with Crippen LogP contribution in [0.1, 0.15) is 18.0 Å². The molecule has 0 spiro atoms. The van der Waals surface area contributed by atoms with Crippen LogP contribution in [0.15, 0.2) is 45.8 Å². The van der Waals surface area contributed by atoms with Crippen LogP contribution in [0.5, 0.6) is 0 Å². The zero-order chi connectivity index (χ0) is 14.1. The van der Waals surface area contributed by atoms with E-state index >= 15 is 0 Å². The van der Waals surface area contributed by atoms with Crippen LogP contribution in [0.25, 0.3) is 0 Å². The van der Waals surface area contributed by atoms with Crippen molar-refractivity contribution in [3.05, 3.63) is 58.1 Å². The Hall–Kier alpha value is -1.07. The van der Waals surface area contributed by atoms with Crippen LogP contribution in [0.3, 0.4) is 0 Å². The van der Waals surface area contributed by atoms with Crippen LogP contribution < -0.4 is 5.32 Å². The van der Waals surface area contributed by atoms with E-state index in [1.54, 1.807) is 12.1 Å². The summed E-state index contributed by atoms with van der Waals surface area (Å²) in [6.07, 6.45) is 0.888. The molecule has 5 heteroatoms. The molecule has 20 heavy (non-hydrogen) atoms. The normalized spacial score (nSPS) is 17.6. The summed E-state index contributed by atoms with van der Waals surface area (Å²) in [5.74, 6) is 0.366. The summed E-state index contributed by atoms with van der Waals surface area (Å²) in [5, 5.41) is 3.29. The molecule has 0 radical (unpaired) electrons. The first-order valence-corrected chi connectivity index (χ1v) is 8.06. The Morgan fingerprint density at radius 2 is 2.00 bits per heavy atom. The van der Waals surface area contributed by atoms with Crippen molar-refractivity contribution in [2.24, 2.45) is 0 Å². The Morgan fingerprint density at radius 1 is 1.15 bits per heavy atom. The van der Waals surface area contributed by atoms with Gasteiger partial charge in [-0.1, -0.05) is 12.1 Å². The third kappa shape index (κ3) is 2.69. The minimum atomic E-state index is -0.306. The molecule has 3 rings (SSSR count). The molecule has 1 heterocycles. The molecule has 1 nitrogen and oxygen atoms in total. The Kier molecular flexibility index (Phi) is 3.98. The van der Waals surface area contributed by atoms with E-state index in [0.717, 1.165) is 17.7 Å². The first kappa shape index (κ1) is 13.9. The standard InChI is InChI=1S/C15H12BrF2NS/c16-11-5-4-9(8-13(11)18)19-14-6-7-20-15-10(14)2-1-3-12(15)17/h1-5,8,14,19H,6-7H2. The van der Waals surface area contributed by atoms with Gasteiger partial charge in [0.05, 0.1) is 10.5 Å². The van der Waals surface area contributed by atoms with Crippen molar-refractivity contribution in [3.63, 3.8) is 0 Å². The van der Waals surface area contributed by atoms with E-state index in [2.05, 4.69) is 21.2 Å². The largest absolute Gasteiger partial charge is 0.378 e. The average Bonchev–Trinajstić information content (AvgIpc) is 2.44. The monoisotopic (exact) mass is 355 g/mol. The molecule has 2 aromatic rings. The predicted molar refractivity (Wildman–Crippen MR) is 82.2 cm³/mol. The molecule has 0 saturated heterocycles. The van der Waals surface area contributed by atoms with Crippen molar-refractivity contribution >= 4 is 33.4 Å². The Morgan fingerprint density at radius 3 is 2.80 bits per heavy atom.